The summed E-state index contributed by atoms with van der Waals surface area (Å²) in [5.74, 6) is -0.272. The number of alkyl halides is 3. The molecule has 0 atom stereocenters. The van der Waals surface area contributed by atoms with E-state index in [-0.39, 0.29) is 32.6 Å². The fraction of sp³-hybridized carbons (Fsp3) is 0.133. The first kappa shape index (κ1) is 17.5. The van der Waals surface area contributed by atoms with Crippen molar-refractivity contribution in [2.45, 2.75) is 6.18 Å². The van der Waals surface area contributed by atoms with Gasteiger partial charge >= 0.3 is 6.18 Å². The predicted molar refractivity (Wildman–Crippen MR) is 86.3 cm³/mol. The van der Waals surface area contributed by atoms with E-state index in [4.69, 9.17) is 23.2 Å². The third-order valence-corrected chi connectivity index (χ3v) is 3.82. The van der Waals surface area contributed by atoms with Crippen molar-refractivity contribution in [3.05, 3.63) is 57.1 Å². The summed E-state index contributed by atoms with van der Waals surface area (Å²) in [7, 11) is 0. The van der Waals surface area contributed by atoms with Gasteiger partial charge in [0.1, 0.15) is 6.33 Å². The molecule has 0 bridgehead atoms. The lowest BCUT2D eigenvalue weighted by Gasteiger charge is -2.12. The molecule has 3 aromatic rings. The number of benzene rings is 1. The van der Waals surface area contributed by atoms with Gasteiger partial charge in [-0.05, 0) is 18.2 Å². The second-order valence-corrected chi connectivity index (χ2v) is 5.74. The van der Waals surface area contributed by atoms with Crippen molar-refractivity contribution < 1.29 is 17.9 Å². The van der Waals surface area contributed by atoms with Crippen LogP contribution >= 0.6 is 23.2 Å². The number of nitrogens with zero attached hydrogens (tertiary/aromatic N) is 3. The molecule has 25 heavy (non-hydrogen) atoms. The number of fused-ring (bicyclic) bond motifs is 1. The molecule has 2 aromatic heterocycles. The Morgan fingerprint density at radius 1 is 1.08 bits per heavy atom. The van der Waals surface area contributed by atoms with Crippen LogP contribution in [0.25, 0.3) is 16.6 Å². The fourth-order valence-electron chi connectivity index (χ4n) is 2.19. The fourth-order valence-corrected chi connectivity index (χ4v) is 2.78. The maximum absolute atomic E-state index is 12.2. The average Bonchev–Trinajstić information content (AvgIpc) is 2.54. The summed E-state index contributed by atoms with van der Waals surface area (Å²) in [4.78, 5) is 15.9. The van der Waals surface area contributed by atoms with Gasteiger partial charge in [0.2, 0.25) is 5.88 Å². The highest BCUT2D eigenvalue weighted by atomic mass is 35.5. The van der Waals surface area contributed by atoms with Crippen LogP contribution in [0, 0.1) is 0 Å². The van der Waals surface area contributed by atoms with Gasteiger partial charge in [0.25, 0.3) is 5.56 Å². The Morgan fingerprint density at radius 3 is 2.40 bits per heavy atom. The molecular formula is C15H8Cl2F3N3O2. The molecule has 1 aromatic carbocycles. The van der Waals surface area contributed by atoms with Gasteiger partial charge in [-0.15, -0.1) is 5.10 Å². The summed E-state index contributed by atoms with van der Waals surface area (Å²) in [6, 6.07) is 7.33. The molecule has 0 N–H and O–H groups in total. The van der Waals surface area contributed by atoms with Crippen molar-refractivity contribution in [2.75, 3.05) is 6.61 Å². The number of hydrogen-bond acceptors (Lipinski definition) is 4. The van der Waals surface area contributed by atoms with Gasteiger partial charge in [0.15, 0.2) is 6.61 Å². The topological polar surface area (TPSA) is 56.5 Å². The molecular weight excluding hydrogens is 382 g/mol. The molecule has 130 valence electrons. The Morgan fingerprint density at radius 2 is 1.76 bits per heavy atom. The summed E-state index contributed by atoms with van der Waals surface area (Å²) in [5.41, 5.74) is 0.0373. The van der Waals surface area contributed by atoms with Gasteiger partial charge in [0, 0.05) is 11.6 Å². The third kappa shape index (κ3) is 3.69. The molecule has 3 rings (SSSR count). The standard InChI is InChI=1S/C15H8Cl2F3N3O2/c16-8-2-1-3-9(17)12(8)13-10-4-5-11(25-6-15(18,19)20)22-23(10)7-21-14(13)24/h1-5,7H,6H2. The van der Waals surface area contributed by atoms with E-state index in [0.717, 1.165) is 10.8 Å². The molecule has 0 amide bonds. The van der Waals surface area contributed by atoms with E-state index in [2.05, 4.69) is 14.8 Å². The highest BCUT2D eigenvalue weighted by molar-refractivity contribution is 6.39. The van der Waals surface area contributed by atoms with Crippen LogP contribution in [0.3, 0.4) is 0 Å². The van der Waals surface area contributed by atoms with Gasteiger partial charge in [-0.1, -0.05) is 29.3 Å². The van der Waals surface area contributed by atoms with Gasteiger partial charge in [-0.25, -0.2) is 4.52 Å². The lowest BCUT2D eigenvalue weighted by molar-refractivity contribution is -0.154. The van der Waals surface area contributed by atoms with Crippen molar-refractivity contribution in [1.82, 2.24) is 14.6 Å². The molecule has 0 saturated heterocycles. The zero-order valence-corrected chi connectivity index (χ0v) is 13.7. The van der Waals surface area contributed by atoms with E-state index in [1.54, 1.807) is 18.2 Å². The van der Waals surface area contributed by atoms with Crippen LogP contribution in [0.15, 0.2) is 41.5 Å². The van der Waals surface area contributed by atoms with Crippen LogP contribution in [0.4, 0.5) is 13.2 Å². The summed E-state index contributed by atoms with van der Waals surface area (Å²) in [6.45, 7) is -1.48. The lowest BCUT2D eigenvalue weighted by Crippen LogP contribution is -2.20. The largest absolute Gasteiger partial charge is 0.467 e. The Balaban J connectivity index is 2.14. The Hall–Kier alpha value is -2.32. The van der Waals surface area contributed by atoms with E-state index in [9.17, 15) is 18.0 Å². The van der Waals surface area contributed by atoms with Crippen LogP contribution in [0.2, 0.25) is 10.0 Å². The Bertz CT molecular complexity index is 985. The van der Waals surface area contributed by atoms with Gasteiger partial charge in [-0.3, -0.25) is 4.79 Å². The number of aromatic nitrogens is 3. The number of halogens is 5. The Labute approximate surface area is 148 Å². The number of hydrogen-bond donors (Lipinski definition) is 0. The quantitative estimate of drug-likeness (QED) is 0.679. The lowest BCUT2D eigenvalue weighted by atomic mass is 10.1. The van der Waals surface area contributed by atoms with Crippen LogP contribution < -0.4 is 10.3 Å². The van der Waals surface area contributed by atoms with E-state index in [1.165, 1.54) is 12.1 Å². The average molecular weight is 390 g/mol. The smallest absolute Gasteiger partial charge is 0.422 e. The summed E-state index contributed by atoms with van der Waals surface area (Å²) >= 11 is 12.3. The van der Waals surface area contributed by atoms with Crippen LogP contribution in [-0.2, 0) is 0 Å². The van der Waals surface area contributed by atoms with Crippen LogP contribution in [0.1, 0.15) is 0 Å². The molecule has 2 heterocycles. The number of rotatable bonds is 3. The van der Waals surface area contributed by atoms with Gasteiger partial charge < -0.3 is 4.74 Å². The summed E-state index contributed by atoms with van der Waals surface area (Å²) in [5, 5.41) is 4.34. The highest BCUT2D eigenvalue weighted by Gasteiger charge is 2.28. The molecule has 0 aliphatic carbocycles. The van der Waals surface area contributed by atoms with Crippen molar-refractivity contribution in [3.63, 3.8) is 0 Å². The minimum atomic E-state index is -4.49. The van der Waals surface area contributed by atoms with Gasteiger partial charge in [0.05, 0.1) is 21.1 Å². The first-order valence-corrected chi connectivity index (χ1v) is 7.54. The van der Waals surface area contributed by atoms with Crippen molar-refractivity contribution in [2.24, 2.45) is 0 Å². The Kier molecular flexibility index (Phi) is 4.57. The molecule has 0 aliphatic rings. The zero-order chi connectivity index (χ0) is 18.2. The predicted octanol–water partition coefficient (Wildman–Crippen LogP) is 4.00. The molecule has 0 unspecified atom stereocenters. The monoisotopic (exact) mass is 389 g/mol. The maximum atomic E-state index is 12.2. The van der Waals surface area contributed by atoms with E-state index < -0.39 is 18.3 Å². The molecule has 0 saturated carbocycles. The normalized spacial score (nSPS) is 11.7. The van der Waals surface area contributed by atoms with Crippen molar-refractivity contribution in [1.29, 1.82) is 0 Å². The first-order valence-electron chi connectivity index (χ1n) is 6.79. The molecule has 10 heteroatoms. The summed E-state index contributed by atoms with van der Waals surface area (Å²) in [6.07, 6.45) is -3.42. The summed E-state index contributed by atoms with van der Waals surface area (Å²) < 4.78 is 42.4. The van der Waals surface area contributed by atoms with E-state index in [1.807, 2.05) is 0 Å². The SMILES string of the molecule is O=c1ncn2nc(OCC(F)(F)F)ccc2c1-c1c(Cl)cccc1Cl. The molecule has 5 nitrogen and oxygen atoms in total. The molecule has 0 radical (unpaired) electrons. The van der Waals surface area contributed by atoms with E-state index in [0.29, 0.717) is 0 Å². The third-order valence-electron chi connectivity index (χ3n) is 3.19. The minimum absolute atomic E-state index is 0.0907. The maximum Gasteiger partial charge on any atom is 0.422 e. The molecule has 0 fully saturated rings. The first-order chi connectivity index (χ1) is 11.8. The van der Waals surface area contributed by atoms with Crippen molar-refractivity contribution >= 4 is 28.7 Å². The minimum Gasteiger partial charge on any atom is -0.467 e. The molecule has 0 spiro atoms. The second-order valence-electron chi connectivity index (χ2n) is 4.93. The van der Waals surface area contributed by atoms with E-state index >= 15 is 0 Å². The number of ether oxygens (including phenoxy) is 1. The molecule has 0 aliphatic heterocycles. The zero-order valence-electron chi connectivity index (χ0n) is 12.2. The highest BCUT2D eigenvalue weighted by Crippen LogP contribution is 2.34. The van der Waals surface area contributed by atoms with Crippen LogP contribution in [0.5, 0.6) is 5.88 Å². The van der Waals surface area contributed by atoms with Gasteiger partial charge in [-0.2, -0.15) is 18.2 Å². The van der Waals surface area contributed by atoms with Crippen molar-refractivity contribution in [3.8, 4) is 17.0 Å². The second kappa shape index (κ2) is 6.53. The van der Waals surface area contributed by atoms with Crippen LogP contribution in [-0.4, -0.2) is 27.4 Å².